The summed E-state index contributed by atoms with van der Waals surface area (Å²) < 4.78 is 15.3. The van der Waals surface area contributed by atoms with Crippen LogP contribution in [-0.2, 0) is 9.47 Å². The molecule has 0 saturated carbocycles. The van der Waals surface area contributed by atoms with Gasteiger partial charge in [0.15, 0.2) is 5.56 Å². The van der Waals surface area contributed by atoms with Crippen molar-refractivity contribution in [3.05, 3.63) is 33.9 Å². The first-order valence-electron chi connectivity index (χ1n) is 6.28. The number of carboxylic acid groups (broad SMARTS) is 1. The fourth-order valence-electron chi connectivity index (χ4n) is 1.59. The van der Waals surface area contributed by atoms with Gasteiger partial charge in [0.2, 0.25) is 0 Å². The third kappa shape index (κ3) is 5.36. The van der Waals surface area contributed by atoms with E-state index in [0.29, 0.717) is 26.2 Å². The SMILES string of the molecule is COCCOCCCOc1cccc([N+](=O)[O-])c1C(=O)O. The predicted molar refractivity (Wildman–Crippen MR) is 72.9 cm³/mol. The molecule has 0 atom stereocenters. The third-order valence-corrected chi connectivity index (χ3v) is 2.54. The summed E-state index contributed by atoms with van der Waals surface area (Å²) in [6.45, 7) is 1.59. The highest BCUT2D eigenvalue weighted by molar-refractivity contribution is 5.95. The van der Waals surface area contributed by atoms with Gasteiger partial charge in [0, 0.05) is 26.2 Å². The summed E-state index contributed by atoms with van der Waals surface area (Å²) in [4.78, 5) is 21.2. The molecule has 0 amide bonds. The molecule has 0 spiro atoms. The Labute approximate surface area is 121 Å². The zero-order valence-corrected chi connectivity index (χ0v) is 11.6. The summed E-state index contributed by atoms with van der Waals surface area (Å²) in [6, 6.07) is 3.90. The quantitative estimate of drug-likeness (QED) is 0.398. The van der Waals surface area contributed by atoms with Crippen molar-refractivity contribution < 1.29 is 29.0 Å². The van der Waals surface area contributed by atoms with Crippen molar-refractivity contribution >= 4 is 11.7 Å². The molecule has 0 aliphatic heterocycles. The molecule has 0 saturated heterocycles. The summed E-state index contributed by atoms with van der Waals surface area (Å²) in [7, 11) is 1.57. The molecule has 0 aromatic heterocycles. The van der Waals surface area contributed by atoms with Crippen molar-refractivity contribution in [2.24, 2.45) is 0 Å². The number of hydrogen-bond donors (Lipinski definition) is 1. The summed E-state index contributed by atoms with van der Waals surface area (Å²) in [5.74, 6) is -1.41. The van der Waals surface area contributed by atoms with E-state index in [-0.39, 0.29) is 12.4 Å². The molecule has 1 aromatic carbocycles. The smallest absolute Gasteiger partial charge is 0.346 e. The second-order valence-electron chi connectivity index (χ2n) is 4.02. The van der Waals surface area contributed by atoms with Crippen LogP contribution in [0.25, 0.3) is 0 Å². The Hall–Kier alpha value is -2.19. The molecule has 1 N–H and O–H groups in total. The van der Waals surface area contributed by atoms with E-state index in [1.54, 1.807) is 7.11 Å². The van der Waals surface area contributed by atoms with Gasteiger partial charge in [-0.3, -0.25) is 10.1 Å². The minimum Gasteiger partial charge on any atom is -0.492 e. The van der Waals surface area contributed by atoms with Crippen molar-refractivity contribution in [3.8, 4) is 5.75 Å². The van der Waals surface area contributed by atoms with Crippen LogP contribution in [-0.4, -0.2) is 49.5 Å². The minimum absolute atomic E-state index is 0.0198. The Morgan fingerprint density at radius 2 is 2.05 bits per heavy atom. The van der Waals surface area contributed by atoms with Gasteiger partial charge in [0.05, 0.1) is 24.7 Å². The number of carbonyl (C=O) groups is 1. The first kappa shape index (κ1) is 16.9. The standard InChI is InChI=1S/C13H17NO7/c1-19-8-9-20-6-3-7-21-11-5-2-4-10(14(17)18)12(11)13(15)16/h2,4-5H,3,6-9H2,1H3,(H,15,16). The summed E-state index contributed by atoms with van der Waals surface area (Å²) in [5, 5.41) is 19.9. The van der Waals surface area contributed by atoms with E-state index < -0.39 is 22.1 Å². The molecule has 0 aliphatic carbocycles. The fourth-order valence-corrected chi connectivity index (χ4v) is 1.59. The Bertz CT molecular complexity index is 489. The van der Waals surface area contributed by atoms with Crippen LogP contribution in [0.3, 0.4) is 0 Å². The average Bonchev–Trinajstić information content (AvgIpc) is 2.45. The lowest BCUT2D eigenvalue weighted by Crippen LogP contribution is -2.10. The van der Waals surface area contributed by atoms with E-state index in [4.69, 9.17) is 19.3 Å². The third-order valence-electron chi connectivity index (χ3n) is 2.54. The highest BCUT2D eigenvalue weighted by atomic mass is 16.6. The normalized spacial score (nSPS) is 10.3. The maximum Gasteiger partial charge on any atom is 0.346 e. The van der Waals surface area contributed by atoms with Gasteiger partial charge < -0.3 is 19.3 Å². The van der Waals surface area contributed by atoms with Crippen LogP contribution >= 0.6 is 0 Å². The Balaban J connectivity index is 2.57. The number of nitro benzene ring substituents is 1. The molecular formula is C13H17NO7. The molecule has 0 unspecified atom stereocenters. The van der Waals surface area contributed by atoms with Crippen molar-refractivity contribution in [2.45, 2.75) is 6.42 Å². The second-order valence-corrected chi connectivity index (χ2v) is 4.02. The zero-order valence-electron chi connectivity index (χ0n) is 11.6. The molecule has 8 nitrogen and oxygen atoms in total. The lowest BCUT2D eigenvalue weighted by atomic mass is 10.1. The molecule has 0 bridgehead atoms. The fraction of sp³-hybridized carbons (Fsp3) is 0.462. The number of methoxy groups -OCH3 is 1. The summed E-state index contributed by atoms with van der Waals surface area (Å²) in [5.41, 5.74) is -0.931. The number of nitrogens with zero attached hydrogens (tertiary/aromatic N) is 1. The van der Waals surface area contributed by atoms with Gasteiger partial charge in [-0.05, 0) is 6.07 Å². The monoisotopic (exact) mass is 299 g/mol. The highest BCUT2D eigenvalue weighted by Gasteiger charge is 2.24. The van der Waals surface area contributed by atoms with Crippen molar-refractivity contribution in [3.63, 3.8) is 0 Å². The largest absolute Gasteiger partial charge is 0.492 e. The van der Waals surface area contributed by atoms with Crippen LogP contribution in [0.15, 0.2) is 18.2 Å². The molecule has 1 rings (SSSR count). The number of nitro groups is 1. The van der Waals surface area contributed by atoms with E-state index in [0.717, 1.165) is 6.07 Å². The second kappa shape index (κ2) is 8.88. The van der Waals surface area contributed by atoms with Crippen LogP contribution in [0.1, 0.15) is 16.8 Å². The number of benzene rings is 1. The van der Waals surface area contributed by atoms with Crippen molar-refractivity contribution in [1.82, 2.24) is 0 Å². The van der Waals surface area contributed by atoms with Gasteiger partial charge in [-0.15, -0.1) is 0 Å². The Kier molecular flexibility index (Phi) is 7.13. The molecule has 21 heavy (non-hydrogen) atoms. The Morgan fingerprint density at radius 3 is 2.67 bits per heavy atom. The number of aromatic carboxylic acids is 1. The molecule has 0 aliphatic rings. The van der Waals surface area contributed by atoms with Crippen LogP contribution in [0.4, 0.5) is 5.69 Å². The van der Waals surface area contributed by atoms with Gasteiger partial charge >= 0.3 is 5.97 Å². The van der Waals surface area contributed by atoms with Crippen LogP contribution in [0, 0.1) is 10.1 Å². The average molecular weight is 299 g/mol. The molecule has 0 heterocycles. The number of ether oxygens (including phenoxy) is 3. The number of carboxylic acids is 1. The Morgan fingerprint density at radius 1 is 1.29 bits per heavy atom. The molecule has 0 fully saturated rings. The van der Waals surface area contributed by atoms with Crippen molar-refractivity contribution in [1.29, 1.82) is 0 Å². The van der Waals surface area contributed by atoms with Gasteiger partial charge in [0.25, 0.3) is 5.69 Å². The van der Waals surface area contributed by atoms with E-state index in [1.807, 2.05) is 0 Å². The van der Waals surface area contributed by atoms with Gasteiger partial charge in [-0.1, -0.05) is 6.07 Å². The highest BCUT2D eigenvalue weighted by Crippen LogP contribution is 2.28. The molecule has 116 valence electrons. The minimum atomic E-state index is -1.39. The van der Waals surface area contributed by atoms with Gasteiger partial charge in [-0.2, -0.15) is 0 Å². The summed E-state index contributed by atoms with van der Waals surface area (Å²) >= 11 is 0. The zero-order chi connectivity index (χ0) is 15.7. The van der Waals surface area contributed by atoms with Crippen LogP contribution in [0.2, 0.25) is 0 Å². The van der Waals surface area contributed by atoms with Crippen molar-refractivity contribution in [2.75, 3.05) is 33.5 Å². The molecule has 0 radical (unpaired) electrons. The molecular weight excluding hydrogens is 282 g/mol. The van der Waals surface area contributed by atoms with E-state index >= 15 is 0 Å². The first-order chi connectivity index (χ1) is 10.1. The maximum absolute atomic E-state index is 11.1. The maximum atomic E-state index is 11.1. The lowest BCUT2D eigenvalue weighted by molar-refractivity contribution is -0.385. The predicted octanol–water partition coefficient (Wildman–Crippen LogP) is 1.72. The lowest BCUT2D eigenvalue weighted by Gasteiger charge is -2.09. The first-order valence-corrected chi connectivity index (χ1v) is 6.28. The van der Waals surface area contributed by atoms with E-state index in [1.165, 1.54) is 12.1 Å². The van der Waals surface area contributed by atoms with Crippen LogP contribution < -0.4 is 4.74 Å². The topological polar surface area (TPSA) is 108 Å². The van der Waals surface area contributed by atoms with Gasteiger partial charge in [0.1, 0.15) is 5.75 Å². The molecule has 8 heteroatoms. The number of hydrogen-bond acceptors (Lipinski definition) is 6. The summed E-state index contributed by atoms with van der Waals surface area (Å²) in [6.07, 6.45) is 0.533. The van der Waals surface area contributed by atoms with Crippen LogP contribution in [0.5, 0.6) is 5.75 Å². The number of rotatable bonds is 10. The van der Waals surface area contributed by atoms with Gasteiger partial charge in [-0.25, -0.2) is 4.79 Å². The van der Waals surface area contributed by atoms with E-state index in [2.05, 4.69) is 0 Å². The van der Waals surface area contributed by atoms with E-state index in [9.17, 15) is 14.9 Å². The molecule has 1 aromatic rings.